The van der Waals surface area contributed by atoms with Crippen LogP contribution in [0.2, 0.25) is 0 Å². The molecule has 0 amide bonds. The zero-order chi connectivity index (χ0) is 33.9. The lowest BCUT2D eigenvalue weighted by Gasteiger charge is -2.14. The Kier molecular flexibility index (Phi) is 5.41. The van der Waals surface area contributed by atoms with E-state index in [1.165, 1.54) is 38.1 Å². The van der Waals surface area contributed by atoms with E-state index in [2.05, 4.69) is 148 Å². The van der Waals surface area contributed by atoms with Crippen LogP contribution in [0.25, 0.3) is 110 Å². The summed E-state index contributed by atoms with van der Waals surface area (Å²) in [6, 6.07) is 51.8. The summed E-state index contributed by atoms with van der Waals surface area (Å²) in [6.45, 7) is 0. The van der Waals surface area contributed by atoms with E-state index >= 15 is 0 Å². The van der Waals surface area contributed by atoms with Crippen molar-refractivity contribution < 1.29 is 0 Å². The first kappa shape index (κ1) is 27.6. The molecule has 0 N–H and O–H groups in total. The molecule has 0 unspecified atom stereocenters. The molecule has 12 aromatic rings. The van der Waals surface area contributed by atoms with Gasteiger partial charge in [-0.3, -0.25) is 4.57 Å². The SMILES string of the molecule is c1cnc(-c2nc(-n3c4ccccc4c4cccc(-c5cc6c7ccccc7n7c8ccccc8c(c5)c67)c43)nc3ccc4ccccc4c23)nc1. The van der Waals surface area contributed by atoms with Crippen LogP contribution in [0.4, 0.5) is 0 Å². The Morgan fingerprint density at radius 3 is 1.79 bits per heavy atom. The molecule has 0 aliphatic heterocycles. The van der Waals surface area contributed by atoms with Gasteiger partial charge in [0.25, 0.3) is 0 Å². The van der Waals surface area contributed by atoms with E-state index in [4.69, 9.17) is 19.9 Å². The van der Waals surface area contributed by atoms with Crippen molar-refractivity contribution in [3.8, 4) is 28.6 Å². The fourth-order valence-corrected chi connectivity index (χ4v) is 8.64. The first-order valence-corrected chi connectivity index (χ1v) is 17.5. The van der Waals surface area contributed by atoms with E-state index in [1.54, 1.807) is 12.4 Å². The molecule has 6 heteroatoms. The number of hydrogen-bond donors (Lipinski definition) is 0. The summed E-state index contributed by atoms with van der Waals surface area (Å²) in [5, 5.41) is 10.4. The van der Waals surface area contributed by atoms with Crippen molar-refractivity contribution in [2.24, 2.45) is 0 Å². The number of benzene rings is 7. The van der Waals surface area contributed by atoms with Crippen LogP contribution in [0, 0.1) is 0 Å². The van der Waals surface area contributed by atoms with Crippen molar-refractivity contribution in [1.29, 1.82) is 0 Å². The molecule has 5 heterocycles. The molecule has 52 heavy (non-hydrogen) atoms. The summed E-state index contributed by atoms with van der Waals surface area (Å²) in [5.41, 5.74) is 9.62. The maximum absolute atomic E-state index is 5.38. The second-order valence-electron chi connectivity index (χ2n) is 13.5. The average Bonchev–Trinajstić information content (AvgIpc) is 3.85. The van der Waals surface area contributed by atoms with Gasteiger partial charge in [0.15, 0.2) is 5.82 Å². The Bertz CT molecular complexity index is 3330. The first-order chi connectivity index (χ1) is 25.8. The number of hydrogen-bond acceptors (Lipinski definition) is 4. The van der Waals surface area contributed by atoms with Crippen molar-refractivity contribution in [1.82, 2.24) is 28.9 Å². The maximum Gasteiger partial charge on any atom is 0.235 e. The fourth-order valence-electron chi connectivity index (χ4n) is 8.64. The predicted octanol–water partition coefficient (Wildman–Crippen LogP) is 11.2. The highest BCUT2D eigenvalue weighted by Crippen LogP contribution is 2.44. The summed E-state index contributed by atoms with van der Waals surface area (Å²) < 4.78 is 4.66. The van der Waals surface area contributed by atoms with Gasteiger partial charge in [-0.15, -0.1) is 0 Å². The molecule has 0 fully saturated rings. The van der Waals surface area contributed by atoms with Gasteiger partial charge in [-0.2, -0.15) is 0 Å². The van der Waals surface area contributed by atoms with Crippen LogP contribution in [-0.2, 0) is 0 Å². The number of para-hydroxylation sites is 4. The minimum Gasteiger partial charge on any atom is -0.308 e. The van der Waals surface area contributed by atoms with E-state index in [0.29, 0.717) is 17.5 Å². The lowest BCUT2D eigenvalue weighted by atomic mass is 9.97. The van der Waals surface area contributed by atoms with E-state index in [-0.39, 0.29) is 0 Å². The van der Waals surface area contributed by atoms with Gasteiger partial charge in [-0.25, -0.2) is 19.9 Å². The third-order valence-electron chi connectivity index (χ3n) is 10.8. The Balaban J connectivity index is 1.22. The third-order valence-corrected chi connectivity index (χ3v) is 10.8. The monoisotopic (exact) mass is 662 g/mol. The molecule has 12 rings (SSSR count). The standard InChI is InChI=1S/C46H26N6/c1-2-12-29-27(11-1)21-22-37-41(29)42(45-47-23-10-24-48-45)50-46(49-37)52-40-20-8-3-13-31(40)34-17-9-16-30(43(34)52)28-25-35-32-14-4-6-18-38(32)51-39-19-7-5-15-33(39)36(26-28)44(35)51/h1-26H. The minimum absolute atomic E-state index is 0.567. The molecule has 5 aromatic heterocycles. The molecule has 0 atom stereocenters. The highest BCUT2D eigenvalue weighted by atomic mass is 15.2. The molecule has 0 bridgehead atoms. The molecule has 0 radical (unpaired) electrons. The van der Waals surface area contributed by atoms with E-state index in [0.717, 1.165) is 54.6 Å². The van der Waals surface area contributed by atoms with Gasteiger partial charge < -0.3 is 4.40 Å². The smallest absolute Gasteiger partial charge is 0.235 e. The molecule has 0 saturated carbocycles. The Morgan fingerprint density at radius 2 is 1.06 bits per heavy atom. The molecule has 0 aliphatic carbocycles. The Morgan fingerprint density at radius 1 is 0.442 bits per heavy atom. The summed E-state index contributed by atoms with van der Waals surface area (Å²) >= 11 is 0. The number of aromatic nitrogens is 6. The molecule has 0 saturated heterocycles. The van der Waals surface area contributed by atoms with Crippen LogP contribution in [-0.4, -0.2) is 28.9 Å². The second kappa shape index (κ2) is 10.2. The molecule has 0 aliphatic rings. The van der Waals surface area contributed by atoms with Gasteiger partial charge in [-0.05, 0) is 58.8 Å². The number of rotatable bonds is 3. The summed E-state index contributed by atoms with van der Waals surface area (Å²) in [7, 11) is 0. The summed E-state index contributed by atoms with van der Waals surface area (Å²) in [4.78, 5) is 20.1. The van der Waals surface area contributed by atoms with Gasteiger partial charge in [0.2, 0.25) is 5.95 Å². The largest absolute Gasteiger partial charge is 0.308 e. The molecular formula is C46H26N6. The number of nitrogens with zero attached hydrogens (tertiary/aromatic N) is 6. The third kappa shape index (κ3) is 3.62. The quantitative estimate of drug-likeness (QED) is 0.177. The highest BCUT2D eigenvalue weighted by molar-refractivity contribution is 6.25. The summed E-state index contributed by atoms with van der Waals surface area (Å²) in [5.74, 6) is 1.15. The van der Waals surface area contributed by atoms with Crippen molar-refractivity contribution in [2.45, 2.75) is 0 Å². The second-order valence-corrected chi connectivity index (χ2v) is 13.5. The van der Waals surface area contributed by atoms with E-state index in [9.17, 15) is 0 Å². The van der Waals surface area contributed by atoms with Crippen LogP contribution >= 0.6 is 0 Å². The molecule has 0 spiro atoms. The van der Waals surface area contributed by atoms with Crippen molar-refractivity contribution in [2.75, 3.05) is 0 Å². The van der Waals surface area contributed by atoms with Crippen molar-refractivity contribution in [3.63, 3.8) is 0 Å². The van der Waals surface area contributed by atoms with Gasteiger partial charge >= 0.3 is 0 Å². The van der Waals surface area contributed by atoms with E-state index < -0.39 is 0 Å². The number of fused-ring (bicyclic) bond motifs is 12. The normalized spacial score (nSPS) is 12.2. The van der Waals surface area contributed by atoms with Crippen LogP contribution in [0.15, 0.2) is 158 Å². The molecule has 6 nitrogen and oxygen atoms in total. The minimum atomic E-state index is 0.567. The molecular weight excluding hydrogens is 637 g/mol. The Hall–Kier alpha value is -7.18. The van der Waals surface area contributed by atoms with Gasteiger partial charge in [0.05, 0.1) is 33.1 Å². The van der Waals surface area contributed by atoms with Crippen LogP contribution in [0.1, 0.15) is 0 Å². The van der Waals surface area contributed by atoms with E-state index in [1.807, 2.05) is 6.07 Å². The lowest BCUT2D eigenvalue weighted by Crippen LogP contribution is -2.05. The topological polar surface area (TPSA) is 60.9 Å². The highest BCUT2D eigenvalue weighted by Gasteiger charge is 2.23. The zero-order valence-electron chi connectivity index (χ0n) is 27.7. The van der Waals surface area contributed by atoms with Crippen molar-refractivity contribution >= 4 is 81.6 Å². The predicted molar refractivity (Wildman–Crippen MR) is 213 cm³/mol. The fraction of sp³-hybridized carbons (Fsp3) is 0. The van der Waals surface area contributed by atoms with Crippen LogP contribution in [0.5, 0.6) is 0 Å². The zero-order valence-corrected chi connectivity index (χ0v) is 27.7. The van der Waals surface area contributed by atoms with Crippen molar-refractivity contribution in [3.05, 3.63) is 158 Å². The molecule has 240 valence electrons. The Labute approximate surface area is 296 Å². The van der Waals surface area contributed by atoms with Gasteiger partial charge in [0, 0.05) is 55.7 Å². The summed E-state index contributed by atoms with van der Waals surface area (Å²) in [6.07, 6.45) is 3.55. The lowest BCUT2D eigenvalue weighted by molar-refractivity contribution is 1.00. The first-order valence-electron chi connectivity index (χ1n) is 17.5. The molecule has 7 aromatic carbocycles. The van der Waals surface area contributed by atoms with Gasteiger partial charge in [0.1, 0.15) is 5.69 Å². The average molecular weight is 663 g/mol. The van der Waals surface area contributed by atoms with Crippen LogP contribution in [0.3, 0.4) is 0 Å². The maximum atomic E-state index is 5.38. The van der Waals surface area contributed by atoms with Crippen LogP contribution < -0.4 is 0 Å². The van der Waals surface area contributed by atoms with Gasteiger partial charge in [-0.1, -0.05) is 103 Å².